The number of ketones is 1. The Hall–Kier alpha value is -5.11. The Kier molecular flexibility index (Phi) is 9.05. The van der Waals surface area contributed by atoms with Gasteiger partial charge >= 0.3 is 5.97 Å². The molecular formula is C35H33NO7. The highest BCUT2D eigenvalue weighted by atomic mass is 16.5. The zero-order chi connectivity index (χ0) is 30.3. The fourth-order valence-corrected chi connectivity index (χ4v) is 5.21. The maximum absolute atomic E-state index is 13.9. The number of rotatable bonds is 10. The summed E-state index contributed by atoms with van der Waals surface area (Å²) in [6.45, 7) is 2.68. The molecule has 0 bridgehead atoms. The van der Waals surface area contributed by atoms with E-state index in [9.17, 15) is 14.4 Å². The van der Waals surface area contributed by atoms with Crippen molar-refractivity contribution in [3.05, 3.63) is 124 Å². The molecule has 8 nitrogen and oxygen atoms in total. The highest BCUT2D eigenvalue weighted by molar-refractivity contribution is 6.09. The van der Waals surface area contributed by atoms with Crippen LogP contribution in [0.5, 0.6) is 17.2 Å². The lowest BCUT2D eigenvalue weighted by molar-refractivity contribution is 0.0524. The Morgan fingerprint density at radius 1 is 0.767 bits per heavy atom. The Morgan fingerprint density at radius 2 is 1.37 bits per heavy atom. The molecule has 0 saturated heterocycles. The average molecular weight is 580 g/mol. The number of ether oxygens (including phenoxy) is 4. The minimum Gasteiger partial charge on any atom is -0.493 e. The molecule has 0 fully saturated rings. The number of fused-ring (bicyclic) bond motifs is 1. The van der Waals surface area contributed by atoms with Crippen molar-refractivity contribution in [1.29, 1.82) is 0 Å². The van der Waals surface area contributed by atoms with Crippen molar-refractivity contribution in [2.45, 2.75) is 19.4 Å². The van der Waals surface area contributed by atoms with Crippen LogP contribution in [0.1, 0.15) is 60.7 Å². The summed E-state index contributed by atoms with van der Waals surface area (Å²) in [5.41, 5.74) is 3.94. The molecule has 43 heavy (non-hydrogen) atoms. The third-order valence-electron chi connectivity index (χ3n) is 7.47. The maximum Gasteiger partial charge on any atom is 0.338 e. The predicted molar refractivity (Wildman–Crippen MR) is 161 cm³/mol. The van der Waals surface area contributed by atoms with Crippen molar-refractivity contribution >= 4 is 17.7 Å². The highest BCUT2D eigenvalue weighted by Crippen LogP contribution is 2.39. The highest BCUT2D eigenvalue weighted by Gasteiger charge is 2.33. The monoisotopic (exact) mass is 579 g/mol. The van der Waals surface area contributed by atoms with Crippen molar-refractivity contribution in [2.75, 3.05) is 34.0 Å². The van der Waals surface area contributed by atoms with Crippen molar-refractivity contribution in [1.82, 2.24) is 4.90 Å². The summed E-state index contributed by atoms with van der Waals surface area (Å²) in [5.74, 6) is 1.05. The molecule has 1 heterocycles. The van der Waals surface area contributed by atoms with Gasteiger partial charge in [0.25, 0.3) is 5.91 Å². The van der Waals surface area contributed by atoms with Gasteiger partial charge in [-0.1, -0.05) is 42.5 Å². The molecule has 1 atom stereocenters. The summed E-state index contributed by atoms with van der Waals surface area (Å²) in [6.07, 6.45) is 0.622. The fourth-order valence-electron chi connectivity index (χ4n) is 5.21. The number of methoxy groups -OCH3 is 2. The van der Waals surface area contributed by atoms with Gasteiger partial charge in [0.15, 0.2) is 17.3 Å². The molecule has 1 unspecified atom stereocenters. The lowest BCUT2D eigenvalue weighted by Gasteiger charge is -2.37. The Morgan fingerprint density at radius 3 is 2.02 bits per heavy atom. The van der Waals surface area contributed by atoms with Gasteiger partial charge in [-0.05, 0) is 73.0 Å². The Balaban J connectivity index is 1.41. The second-order valence-electron chi connectivity index (χ2n) is 10.00. The van der Waals surface area contributed by atoms with Crippen molar-refractivity contribution in [3.63, 3.8) is 0 Å². The maximum atomic E-state index is 13.9. The van der Waals surface area contributed by atoms with Crippen LogP contribution in [0.3, 0.4) is 0 Å². The van der Waals surface area contributed by atoms with E-state index in [1.54, 1.807) is 86.7 Å². The first-order valence-electron chi connectivity index (χ1n) is 14.1. The van der Waals surface area contributed by atoms with E-state index in [0.29, 0.717) is 59.1 Å². The van der Waals surface area contributed by atoms with E-state index in [-0.39, 0.29) is 18.3 Å². The molecule has 4 aromatic carbocycles. The van der Waals surface area contributed by atoms with Gasteiger partial charge in [-0.2, -0.15) is 0 Å². The molecule has 1 aliphatic rings. The fraction of sp³-hybridized carbons (Fsp3) is 0.229. The van der Waals surface area contributed by atoms with Gasteiger partial charge in [-0.3, -0.25) is 9.59 Å². The zero-order valence-corrected chi connectivity index (χ0v) is 24.4. The number of benzene rings is 4. The molecule has 0 saturated carbocycles. The van der Waals surface area contributed by atoms with Crippen LogP contribution in [-0.4, -0.2) is 56.5 Å². The van der Waals surface area contributed by atoms with Gasteiger partial charge in [-0.25, -0.2) is 4.79 Å². The largest absolute Gasteiger partial charge is 0.493 e. The summed E-state index contributed by atoms with van der Waals surface area (Å²) in [6, 6.07) is 25.9. The number of carbonyl (C=O) groups is 3. The molecule has 4 aromatic rings. The minimum absolute atomic E-state index is 0.104. The molecule has 8 heteroatoms. The normalized spacial score (nSPS) is 13.9. The lowest BCUT2D eigenvalue weighted by Crippen LogP contribution is -2.42. The molecule has 5 rings (SSSR count). The SMILES string of the molecule is CCOC(=O)c1ccc(OCC2c3cc(OC)c(OC)cc3CCN2C(=O)c2ccc(C(=O)c3ccccc3)cc2)cc1. The number of carbonyl (C=O) groups excluding carboxylic acids is 3. The first-order valence-corrected chi connectivity index (χ1v) is 14.1. The van der Waals surface area contributed by atoms with E-state index >= 15 is 0 Å². The predicted octanol–water partition coefficient (Wildman–Crippen LogP) is 5.93. The van der Waals surface area contributed by atoms with Gasteiger partial charge in [0.1, 0.15) is 12.4 Å². The van der Waals surface area contributed by atoms with E-state index < -0.39 is 12.0 Å². The quantitative estimate of drug-likeness (QED) is 0.170. The smallest absolute Gasteiger partial charge is 0.338 e. The molecule has 0 N–H and O–H groups in total. The van der Waals surface area contributed by atoms with Gasteiger partial charge in [-0.15, -0.1) is 0 Å². The van der Waals surface area contributed by atoms with Crippen LogP contribution in [0.4, 0.5) is 0 Å². The number of hydrogen-bond donors (Lipinski definition) is 0. The van der Waals surface area contributed by atoms with E-state index in [4.69, 9.17) is 18.9 Å². The van der Waals surface area contributed by atoms with Crippen LogP contribution in [0.2, 0.25) is 0 Å². The summed E-state index contributed by atoms with van der Waals surface area (Å²) in [5, 5.41) is 0. The number of hydrogen-bond acceptors (Lipinski definition) is 7. The summed E-state index contributed by atoms with van der Waals surface area (Å²) in [4.78, 5) is 40.6. The molecule has 0 spiro atoms. The third kappa shape index (κ3) is 6.38. The molecule has 0 radical (unpaired) electrons. The van der Waals surface area contributed by atoms with Crippen LogP contribution in [-0.2, 0) is 11.2 Å². The zero-order valence-electron chi connectivity index (χ0n) is 24.4. The van der Waals surface area contributed by atoms with E-state index in [2.05, 4.69) is 0 Å². The van der Waals surface area contributed by atoms with E-state index in [1.165, 1.54) is 0 Å². The van der Waals surface area contributed by atoms with E-state index in [1.807, 2.05) is 30.3 Å². The van der Waals surface area contributed by atoms with Gasteiger partial charge < -0.3 is 23.8 Å². The van der Waals surface area contributed by atoms with Crippen LogP contribution in [0.15, 0.2) is 91.0 Å². The van der Waals surface area contributed by atoms with Crippen LogP contribution >= 0.6 is 0 Å². The second-order valence-corrected chi connectivity index (χ2v) is 10.00. The van der Waals surface area contributed by atoms with Gasteiger partial charge in [0.2, 0.25) is 0 Å². The lowest BCUT2D eigenvalue weighted by atomic mass is 9.91. The molecule has 0 aromatic heterocycles. The molecule has 1 aliphatic heterocycles. The number of amides is 1. The standard InChI is InChI=1S/C35H33NO7/c1-4-42-35(39)26-14-16-28(17-15-26)43-22-30-29-21-32(41-3)31(40-2)20-27(29)18-19-36(30)34(38)25-12-10-24(11-13-25)33(37)23-8-6-5-7-9-23/h5-17,20-21,30H,4,18-19,22H2,1-3H3. The summed E-state index contributed by atoms with van der Waals surface area (Å²) < 4.78 is 22.3. The number of nitrogens with zero attached hydrogens (tertiary/aromatic N) is 1. The third-order valence-corrected chi connectivity index (χ3v) is 7.47. The molecular weight excluding hydrogens is 546 g/mol. The van der Waals surface area contributed by atoms with Crippen molar-refractivity contribution in [2.24, 2.45) is 0 Å². The van der Waals surface area contributed by atoms with Crippen LogP contribution in [0, 0.1) is 0 Å². The number of esters is 1. The molecule has 220 valence electrons. The summed E-state index contributed by atoms with van der Waals surface area (Å²) in [7, 11) is 3.17. The van der Waals surface area contributed by atoms with Crippen LogP contribution < -0.4 is 14.2 Å². The van der Waals surface area contributed by atoms with Crippen molar-refractivity contribution in [3.8, 4) is 17.2 Å². The summed E-state index contributed by atoms with van der Waals surface area (Å²) >= 11 is 0. The minimum atomic E-state index is -0.439. The molecule has 1 amide bonds. The first-order chi connectivity index (χ1) is 20.9. The van der Waals surface area contributed by atoms with Crippen molar-refractivity contribution < 1.29 is 33.3 Å². The van der Waals surface area contributed by atoms with E-state index in [0.717, 1.165) is 11.1 Å². The van der Waals surface area contributed by atoms with Gasteiger partial charge in [0, 0.05) is 23.2 Å². The Labute approximate surface area is 250 Å². The van der Waals surface area contributed by atoms with Crippen LogP contribution in [0.25, 0.3) is 0 Å². The first kappa shape index (κ1) is 29.4. The second kappa shape index (κ2) is 13.2. The Bertz CT molecular complexity index is 1600. The van der Waals surface area contributed by atoms with Gasteiger partial charge in [0.05, 0.1) is 32.4 Å². The topological polar surface area (TPSA) is 91.4 Å². The molecule has 0 aliphatic carbocycles. The average Bonchev–Trinajstić information content (AvgIpc) is 3.06.